The summed E-state index contributed by atoms with van der Waals surface area (Å²) < 4.78 is 0. The van der Waals surface area contributed by atoms with Crippen LogP contribution in [0.4, 0.5) is 5.69 Å². The molecule has 0 N–H and O–H groups in total. The van der Waals surface area contributed by atoms with Gasteiger partial charge in [0.25, 0.3) is 0 Å². The van der Waals surface area contributed by atoms with Crippen LogP contribution in [-0.4, -0.2) is 16.8 Å². The molecule has 0 aliphatic carbocycles. The number of fused-ring (bicyclic) bond motifs is 1. The standard InChI is InChI=1S/C15H18BrNO/c1-10-5-6-13-12(9-16)8-15(3,4)17(11(2)18)14(13)7-10/h5-8H,9H2,1-4H3. The zero-order valence-corrected chi connectivity index (χ0v) is 12.8. The summed E-state index contributed by atoms with van der Waals surface area (Å²) >= 11 is 3.54. The first-order valence-electron chi connectivity index (χ1n) is 6.06. The molecule has 0 unspecified atom stereocenters. The van der Waals surface area contributed by atoms with E-state index in [-0.39, 0.29) is 11.4 Å². The van der Waals surface area contributed by atoms with Crippen molar-refractivity contribution in [2.24, 2.45) is 0 Å². The van der Waals surface area contributed by atoms with Crippen LogP contribution in [-0.2, 0) is 4.79 Å². The number of rotatable bonds is 1. The lowest BCUT2D eigenvalue weighted by molar-refractivity contribution is -0.117. The number of carbonyl (C=O) groups is 1. The van der Waals surface area contributed by atoms with Gasteiger partial charge < -0.3 is 4.90 Å². The van der Waals surface area contributed by atoms with E-state index in [4.69, 9.17) is 0 Å². The lowest BCUT2D eigenvalue weighted by Crippen LogP contribution is -2.48. The molecule has 0 saturated heterocycles. The first kappa shape index (κ1) is 13.3. The van der Waals surface area contributed by atoms with Crippen LogP contribution in [0, 0.1) is 6.92 Å². The van der Waals surface area contributed by atoms with Gasteiger partial charge in [0.1, 0.15) is 0 Å². The van der Waals surface area contributed by atoms with Crippen LogP contribution in [0.3, 0.4) is 0 Å². The molecule has 96 valence electrons. The monoisotopic (exact) mass is 307 g/mol. The second-order valence-corrected chi connectivity index (χ2v) is 5.89. The minimum Gasteiger partial charge on any atom is -0.303 e. The average molecular weight is 308 g/mol. The van der Waals surface area contributed by atoms with Gasteiger partial charge in [-0.05, 0) is 38.0 Å². The maximum Gasteiger partial charge on any atom is 0.224 e. The second-order valence-electron chi connectivity index (χ2n) is 5.33. The lowest BCUT2D eigenvalue weighted by Gasteiger charge is -2.41. The van der Waals surface area contributed by atoms with Crippen molar-refractivity contribution in [3.8, 4) is 0 Å². The van der Waals surface area contributed by atoms with Crippen molar-refractivity contribution >= 4 is 33.1 Å². The molecular weight excluding hydrogens is 290 g/mol. The molecule has 0 bridgehead atoms. The predicted octanol–water partition coefficient (Wildman–Crippen LogP) is 3.92. The number of carbonyl (C=O) groups excluding carboxylic acids is 1. The molecule has 2 rings (SSSR count). The zero-order valence-electron chi connectivity index (χ0n) is 11.2. The molecule has 1 aromatic rings. The quantitative estimate of drug-likeness (QED) is 0.720. The fourth-order valence-corrected chi connectivity index (χ4v) is 3.13. The minimum absolute atomic E-state index is 0.0803. The fraction of sp³-hybridized carbons (Fsp3) is 0.400. The number of halogens is 1. The number of anilines is 1. The summed E-state index contributed by atoms with van der Waals surface area (Å²) in [6.45, 7) is 7.82. The molecule has 2 nitrogen and oxygen atoms in total. The van der Waals surface area contributed by atoms with Crippen LogP contribution in [0.1, 0.15) is 31.9 Å². The zero-order chi connectivity index (χ0) is 13.5. The maximum absolute atomic E-state index is 12.0. The Bertz CT molecular complexity index is 531. The molecule has 0 fully saturated rings. The van der Waals surface area contributed by atoms with Gasteiger partial charge in [-0.3, -0.25) is 4.79 Å². The van der Waals surface area contributed by atoms with E-state index in [0.717, 1.165) is 16.6 Å². The van der Waals surface area contributed by atoms with E-state index in [1.54, 1.807) is 6.92 Å². The molecule has 3 heteroatoms. The third kappa shape index (κ3) is 2.12. The van der Waals surface area contributed by atoms with E-state index < -0.39 is 0 Å². The molecule has 0 saturated carbocycles. The van der Waals surface area contributed by atoms with Crippen molar-refractivity contribution in [3.63, 3.8) is 0 Å². The van der Waals surface area contributed by atoms with Crippen LogP contribution < -0.4 is 4.90 Å². The van der Waals surface area contributed by atoms with Crippen LogP contribution in [0.2, 0.25) is 0 Å². The van der Waals surface area contributed by atoms with Gasteiger partial charge in [-0.2, -0.15) is 0 Å². The summed E-state index contributed by atoms with van der Waals surface area (Å²) in [7, 11) is 0. The molecule has 0 radical (unpaired) electrons. The topological polar surface area (TPSA) is 20.3 Å². The van der Waals surface area contributed by atoms with Crippen molar-refractivity contribution in [1.29, 1.82) is 0 Å². The van der Waals surface area contributed by atoms with Crippen molar-refractivity contribution < 1.29 is 4.79 Å². The fourth-order valence-electron chi connectivity index (χ4n) is 2.66. The third-order valence-corrected chi connectivity index (χ3v) is 3.91. The summed E-state index contributed by atoms with van der Waals surface area (Å²) in [6, 6.07) is 6.28. The predicted molar refractivity (Wildman–Crippen MR) is 80.2 cm³/mol. The summed E-state index contributed by atoms with van der Waals surface area (Å²) in [5.74, 6) is 0.0803. The molecule has 1 aliphatic heterocycles. The number of allylic oxidation sites excluding steroid dienone is 1. The van der Waals surface area contributed by atoms with Gasteiger partial charge in [0.2, 0.25) is 5.91 Å². The maximum atomic E-state index is 12.0. The van der Waals surface area contributed by atoms with E-state index in [9.17, 15) is 4.79 Å². The highest BCUT2D eigenvalue weighted by Gasteiger charge is 2.34. The number of hydrogen-bond donors (Lipinski definition) is 0. The van der Waals surface area contributed by atoms with Crippen LogP contribution >= 0.6 is 15.9 Å². The number of alkyl halides is 1. The summed E-state index contributed by atoms with van der Waals surface area (Å²) in [6.07, 6.45) is 2.17. The third-order valence-electron chi connectivity index (χ3n) is 3.30. The molecule has 18 heavy (non-hydrogen) atoms. The Labute approximate surface area is 117 Å². The van der Waals surface area contributed by atoms with Gasteiger partial charge in [0.15, 0.2) is 0 Å². The smallest absolute Gasteiger partial charge is 0.224 e. The molecule has 0 spiro atoms. The van der Waals surface area contributed by atoms with Crippen molar-refractivity contribution in [2.45, 2.75) is 33.2 Å². The molecular formula is C15H18BrNO. The lowest BCUT2D eigenvalue weighted by atomic mass is 9.88. The molecule has 1 amide bonds. The molecule has 1 aromatic carbocycles. The Balaban J connectivity index is 2.70. The Morgan fingerprint density at radius 2 is 2.06 bits per heavy atom. The van der Waals surface area contributed by atoms with Crippen molar-refractivity contribution in [3.05, 3.63) is 35.4 Å². The van der Waals surface area contributed by atoms with E-state index >= 15 is 0 Å². The van der Waals surface area contributed by atoms with E-state index in [2.05, 4.69) is 61.0 Å². The Morgan fingerprint density at radius 3 is 2.61 bits per heavy atom. The Hall–Kier alpha value is -1.09. The summed E-state index contributed by atoms with van der Waals surface area (Å²) in [5, 5.41) is 0.804. The first-order valence-corrected chi connectivity index (χ1v) is 7.18. The van der Waals surface area contributed by atoms with Gasteiger partial charge in [0, 0.05) is 17.8 Å². The number of nitrogens with zero attached hydrogens (tertiary/aromatic N) is 1. The highest BCUT2D eigenvalue weighted by atomic mass is 79.9. The van der Waals surface area contributed by atoms with Crippen molar-refractivity contribution in [2.75, 3.05) is 10.2 Å². The summed E-state index contributed by atoms with van der Waals surface area (Å²) in [5.41, 5.74) is 4.30. The molecule has 1 aliphatic rings. The largest absolute Gasteiger partial charge is 0.303 e. The molecule has 0 aromatic heterocycles. The van der Waals surface area contributed by atoms with E-state index in [1.165, 1.54) is 11.1 Å². The Kier molecular flexibility index (Phi) is 3.37. The van der Waals surface area contributed by atoms with Crippen LogP contribution in [0.5, 0.6) is 0 Å². The second kappa shape index (κ2) is 4.54. The highest BCUT2D eigenvalue weighted by Crippen LogP contribution is 2.40. The number of benzene rings is 1. The molecule has 1 heterocycles. The Morgan fingerprint density at radius 1 is 1.39 bits per heavy atom. The normalized spacial score (nSPS) is 17.2. The number of hydrogen-bond acceptors (Lipinski definition) is 1. The van der Waals surface area contributed by atoms with E-state index in [1.807, 2.05) is 4.90 Å². The first-order chi connectivity index (χ1) is 8.36. The van der Waals surface area contributed by atoms with Gasteiger partial charge >= 0.3 is 0 Å². The van der Waals surface area contributed by atoms with Crippen LogP contribution in [0.25, 0.3) is 5.57 Å². The summed E-state index contributed by atoms with van der Waals surface area (Å²) in [4.78, 5) is 13.8. The van der Waals surface area contributed by atoms with Gasteiger partial charge in [-0.15, -0.1) is 0 Å². The van der Waals surface area contributed by atoms with Crippen molar-refractivity contribution in [1.82, 2.24) is 0 Å². The van der Waals surface area contributed by atoms with Gasteiger partial charge in [-0.1, -0.05) is 34.1 Å². The SMILES string of the molecule is CC(=O)N1c2cc(C)ccc2C(CBr)=CC1(C)C. The number of aryl methyl sites for hydroxylation is 1. The average Bonchev–Trinajstić information content (AvgIpc) is 2.25. The molecule has 0 atom stereocenters. The van der Waals surface area contributed by atoms with E-state index in [0.29, 0.717) is 0 Å². The number of amides is 1. The van der Waals surface area contributed by atoms with Gasteiger partial charge in [-0.25, -0.2) is 0 Å². The van der Waals surface area contributed by atoms with Crippen LogP contribution in [0.15, 0.2) is 24.3 Å². The van der Waals surface area contributed by atoms with Gasteiger partial charge in [0.05, 0.1) is 11.2 Å². The highest BCUT2D eigenvalue weighted by molar-refractivity contribution is 9.09. The minimum atomic E-state index is -0.282.